The predicted octanol–water partition coefficient (Wildman–Crippen LogP) is 9.66. The molecule has 0 radical (unpaired) electrons. The van der Waals surface area contributed by atoms with Gasteiger partial charge in [0.1, 0.15) is 6.17 Å². The zero-order valence-electron chi connectivity index (χ0n) is 25.4. The Morgan fingerprint density at radius 1 is 0.848 bits per heavy atom. The molecule has 33 heavy (non-hydrogen) atoms. The molecule has 0 aromatic carbocycles. The van der Waals surface area contributed by atoms with Crippen molar-refractivity contribution in [3.63, 3.8) is 0 Å². The lowest BCUT2D eigenvalue weighted by atomic mass is 10.1. The number of nitrogens with one attached hydrogen (secondary N) is 1. The number of hydrogen-bond donors (Lipinski definition) is 1. The van der Waals surface area contributed by atoms with Gasteiger partial charge >= 0.3 is 0 Å². The molecule has 0 amide bonds. The molecule has 0 rings (SSSR count). The maximum absolute atomic E-state index is 12.4. The highest BCUT2D eigenvalue weighted by atomic mass is 19.1. The molecule has 1 unspecified atom stereocenters. The van der Waals surface area contributed by atoms with Gasteiger partial charge in [0.25, 0.3) is 0 Å². The van der Waals surface area contributed by atoms with Gasteiger partial charge in [0.2, 0.25) is 0 Å². The molecule has 0 bridgehead atoms. The number of aliphatic imine (C=N–C) groups is 2. The molecule has 0 aromatic rings. The van der Waals surface area contributed by atoms with Gasteiger partial charge in [0, 0.05) is 25.8 Å². The highest BCUT2D eigenvalue weighted by Crippen LogP contribution is 2.06. The van der Waals surface area contributed by atoms with Crippen LogP contribution in [0.4, 0.5) is 4.39 Å². The smallest absolute Gasteiger partial charge is 0.135 e. The first-order valence-corrected chi connectivity index (χ1v) is 12.9. The molecule has 0 aliphatic carbocycles. The quantitative estimate of drug-likeness (QED) is 0.264. The minimum atomic E-state index is -0.866. The SMILES string of the molecule is C=C(C)CNC(=C)C(=NC)C(=C)CC.CC.CC.CC.CC(C)C.CCN=C(CC)C(C)F. The largest absolute Gasteiger partial charge is 0.380 e. The fraction of sp³-hybridized carbons (Fsp3) is 0.724. The molecule has 0 fully saturated rings. The Bertz CT molecular complexity index is 484. The summed E-state index contributed by atoms with van der Waals surface area (Å²) in [6, 6.07) is 0. The Balaban J connectivity index is -0.0000000822. The molecule has 0 spiro atoms. The van der Waals surface area contributed by atoms with Gasteiger partial charge < -0.3 is 5.32 Å². The number of nitrogens with zero attached hydrogens (tertiary/aromatic N) is 2. The summed E-state index contributed by atoms with van der Waals surface area (Å²) in [6.45, 7) is 41.0. The summed E-state index contributed by atoms with van der Waals surface area (Å²) in [7, 11) is 1.75. The van der Waals surface area contributed by atoms with E-state index in [-0.39, 0.29) is 0 Å². The summed E-state index contributed by atoms with van der Waals surface area (Å²) in [5.41, 5.74) is 4.45. The molecule has 0 saturated carbocycles. The lowest BCUT2D eigenvalue weighted by Crippen LogP contribution is -2.22. The second-order valence-electron chi connectivity index (χ2n) is 6.99. The van der Waals surface area contributed by atoms with Crippen molar-refractivity contribution in [3.05, 3.63) is 36.6 Å². The molecule has 0 aliphatic heterocycles. The van der Waals surface area contributed by atoms with Crippen molar-refractivity contribution in [1.82, 2.24) is 5.32 Å². The Morgan fingerprint density at radius 2 is 1.24 bits per heavy atom. The van der Waals surface area contributed by atoms with E-state index in [2.05, 4.69) is 62.7 Å². The fourth-order valence-electron chi connectivity index (χ4n) is 1.74. The highest BCUT2D eigenvalue weighted by molar-refractivity contribution is 6.11. The van der Waals surface area contributed by atoms with E-state index < -0.39 is 6.17 Å². The van der Waals surface area contributed by atoms with E-state index in [4.69, 9.17) is 0 Å². The third-order valence-corrected chi connectivity index (χ3v) is 3.06. The molecule has 3 nitrogen and oxygen atoms in total. The molecule has 1 N–H and O–H groups in total. The number of halogens is 1. The third kappa shape index (κ3) is 41.1. The molecular formula is C29H62FN3. The number of alkyl halides is 1. The van der Waals surface area contributed by atoms with E-state index in [1.807, 2.05) is 62.3 Å². The Hall–Kier alpha value is -1.71. The summed E-state index contributed by atoms with van der Waals surface area (Å²) in [6.07, 6.45) is 0.751. The molecule has 0 heterocycles. The minimum absolute atomic E-state index is 0.678. The standard InChI is InChI=1S/C12H20N2.C7H14FN.C4H10.3C2H6/c1-7-10(4)12(13-6)11(5)14-8-9(2)3;1-4-7(6(3)8)9-5-2;1-4(2)3;3*1-2/h14H,2,4-5,7-8H2,1,3,6H3;6H,4-5H2,1-3H3;4H,1-3H3;3*1-2H3. The maximum atomic E-state index is 12.4. The monoisotopic (exact) mass is 471 g/mol. The van der Waals surface area contributed by atoms with Crippen LogP contribution >= 0.6 is 0 Å². The number of hydrogen-bond acceptors (Lipinski definition) is 3. The van der Waals surface area contributed by atoms with Crippen LogP contribution in [0.2, 0.25) is 0 Å². The van der Waals surface area contributed by atoms with Crippen LogP contribution in [0.5, 0.6) is 0 Å². The molecule has 0 saturated heterocycles. The molecule has 4 heteroatoms. The lowest BCUT2D eigenvalue weighted by molar-refractivity contribution is 0.449. The van der Waals surface area contributed by atoms with Crippen LogP contribution in [0, 0.1) is 5.92 Å². The van der Waals surface area contributed by atoms with Gasteiger partial charge in [-0.2, -0.15) is 0 Å². The zero-order chi connectivity index (χ0) is 28.0. The average molecular weight is 472 g/mol. The molecule has 1 atom stereocenters. The summed E-state index contributed by atoms with van der Waals surface area (Å²) in [5.74, 6) is 0.833. The number of allylic oxidation sites excluding steroid dienone is 1. The molecule has 200 valence electrons. The first-order valence-electron chi connectivity index (χ1n) is 12.9. The first kappa shape index (κ1) is 44.9. The second kappa shape index (κ2) is 37.6. The van der Waals surface area contributed by atoms with E-state index in [0.717, 1.165) is 47.9 Å². The first-order chi connectivity index (χ1) is 15.5. The van der Waals surface area contributed by atoms with Gasteiger partial charge in [-0.25, -0.2) is 4.39 Å². The summed E-state index contributed by atoms with van der Waals surface area (Å²) < 4.78 is 12.4. The topological polar surface area (TPSA) is 36.8 Å². The number of rotatable bonds is 9. The lowest BCUT2D eigenvalue weighted by Gasteiger charge is -2.12. The minimum Gasteiger partial charge on any atom is -0.380 e. The molecule has 0 aliphatic rings. The summed E-state index contributed by atoms with van der Waals surface area (Å²) >= 11 is 0. The van der Waals surface area contributed by atoms with Crippen LogP contribution in [0.25, 0.3) is 0 Å². The predicted molar refractivity (Wildman–Crippen MR) is 158 cm³/mol. The fourth-order valence-corrected chi connectivity index (χ4v) is 1.74. The van der Waals surface area contributed by atoms with Gasteiger partial charge in [-0.15, -0.1) is 0 Å². The van der Waals surface area contributed by atoms with E-state index >= 15 is 0 Å². The van der Waals surface area contributed by atoms with Crippen molar-refractivity contribution in [2.75, 3.05) is 20.1 Å². The van der Waals surface area contributed by atoms with Gasteiger partial charge in [-0.1, -0.05) is 101 Å². The average Bonchev–Trinajstić information content (AvgIpc) is 2.80. The van der Waals surface area contributed by atoms with Crippen LogP contribution in [-0.4, -0.2) is 37.7 Å². The van der Waals surface area contributed by atoms with Crippen LogP contribution in [-0.2, 0) is 0 Å². The van der Waals surface area contributed by atoms with E-state index in [1.54, 1.807) is 7.05 Å². The van der Waals surface area contributed by atoms with Crippen molar-refractivity contribution >= 4 is 11.4 Å². The van der Waals surface area contributed by atoms with E-state index in [0.29, 0.717) is 12.3 Å². The highest BCUT2D eigenvalue weighted by Gasteiger charge is 2.06. The van der Waals surface area contributed by atoms with Crippen LogP contribution in [0.15, 0.2) is 46.6 Å². The second-order valence-corrected chi connectivity index (χ2v) is 6.99. The van der Waals surface area contributed by atoms with Crippen molar-refractivity contribution < 1.29 is 4.39 Å². The maximum Gasteiger partial charge on any atom is 0.135 e. The van der Waals surface area contributed by atoms with Crippen molar-refractivity contribution in [2.24, 2.45) is 15.9 Å². The molecule has 0 aromatic heterocycles. The van der Waals surface area contributed by atoms with Crippen molar-refractivity contribution in [2.45, 2.75) is 116 Å². The Labute approximate surface area is 209 Å². The molecular weight excluding hydrogens is 409 g/mol. The van der Waals surface area contributed by atoms with Crippen LogP contribution in [0.3, 0.4) is 0 Å². The van der Waals surface area contributed by atoms with Gasteiger partial charge in [-0.3, -0.25) is 9.98 Å². The van der Waals surface area contributed by atoms with Crippen molar-refractivity contribution in [1.29, 1.82) is 0 Å². The van der Waals surface area contributed by atoms with E-state index in [9.17, 15) is 4.39 Å². The Morgan fingerprint density at radius 3 is 1.42 bits per heavy atom. The normalized spacial score (nSPS) is 10.6. The van der Waals surface area contributed by atoms with Crippen LogP contribution < -0.4 is 5.32 Å². The van der Waals surface area contributed by atoms with Gasteiger partial charge in [0.05, 0.1) is 11.4 Å². The van der Waals surface area contributed by atoms with Gasteiger partial charge in [-0.05, 0) is 45.1 Å². The van der Waals surface area contributed by atoms with Crippen LogP contribution in [0.1, 0.15) is 110 Å². The van der Waals surface area contributed by atoms with E-state index in [1.165, 1.54) is 6.92 Å². The van der Waals surface area contributed by atoms with Gasteiger partial charge in [0.15, 0.2) is 0 Å². The summed E-state index contributed by atoms with van der Waals surface area (Å²) in [5, 5.41) is 3.16. The van der Waals surface area contributed by atoms with Crippen molar-refractivity contribution in [3.8, 4) is 0 Å². The Kier molecular flexibility index (Phi) is 51.1. The third-order valence-electron chi connectivity index (χ3n) is 3.06. The summed E-state index contributed by atoms with van der Waals surface area (Å²) in [4.78, 5) is 8.15. The zero-order valence-corrected chi connectivity index (χ0v) is 25.4.